The number of carbonyl (C=O) groups is 2. The summed E-state index contributed by atoms with van der Waals surface area (Å²) >= 11 is 0. The molecule has 3 heterocycles. The molecular weight excluding hydrogens is 398 g/mol. The van der Waals surface area contributed by atoms with Crippen LogP contribution < -0.4 is 0 Å². The summed E-state index contributed by atoms with van der Waals surface area (Å²) in [7, 11) is 0. The first-order chi connectivity index (χ1) is 14.8. The number of carbonyl (C=O) groups excluding carboxylic acids is 2. The van der Waals surface area contributed by atoms with Crippen LogP contribution >= 0.6 is 0 Å². The zero-order chi connectivity index (χ0) is 22.1. The van der Waals surface area contributed by atoms with Crippen molar-refractivity contribution in [2.45, 2.75) is 27.7 Å². The molecule has 0 atom stereocenters. The van der Waals surface area contributed by atoms with Gasteiger partial charge in [0.2, 0.25) is 11.7 Å². The Labute approximate surface area is 178 Å². The van der Waals surface area contributed by atoms with E-state index in [4.69, 9.17) is 13.7 Å². The van der Waals surface area contributed by atoms with Crippen molar-refractivity contribution in [2.75, 3.05) is 6.61 Å². The third kappa shape index (κ3) is 3.92. The molecule has 4 aromatic rings. The van der Waals surface area contributed by atoms with Gasteiger partial charge in [-0.1, -0.05) is 23.4 Å². The van der Waals surface area contributed by atoms with Crippen LogP contribution in [0.5, 0.6) is 0 Å². The van der Waals surface area contributed by atoms with Crippen LogP contribution in [0.3, 0.4) is 0 Å². The summed E-state index contributed by atoms with van der Waals surface area (Å²) in [5, 5.41) is 4.00. The van der Waals surface area contributed by atoms with Crippen LogP contribution in [-0.2, 0) is 4.74 Å². The van der Waals surface area contributed by atoms with E-state index in [9.17, 15) is 9.59 Å². The minimum Gasteiger partial charge on any atom is -0.452 e. The standard InChI is InChI=1S/C23H21N3O5/c1-13-10-18(15(3)26(13)20-11-14(2)31-25-20)19(27)12-29-23(28)21-16(4)30-22(24-21)17-8-6-5-7-9-17/h5-11H,12H2,1-4H3. The molecule has 0 aliphatic rings. The highest BCUT2D eigenvalue weighted by Gasteiger charge is 2.23. The molecule has 0 aliphatic carbocycles. The van der Waals surface area contributed by atoms with Crippen LogP contribution in [0, 0.1) is 27.7 Å². The maximum atomic E-state index is 12.7. The van der Waals surface area contributed by atoms with Crippen molar-refractivity contribution in [3.8, 4) is 17.3 Å². The lowest BCUT2D eigenvalue weighted by Crippen LogP contribution is -2.16. The number of nitrogens with zero attached hydrogens (tertiary/aromatic N) is 3. The molecule has 0 saturated heterocycles. The van der Waals surface area contributed by atoms with Crippen LogP contribution in [-0.4, -0.2) is 33.1 Å². The molecule has 0 radical (unpaired) electrons. The molecule has 0 spiro atoms. The van der Waals surface area contributed by atoms with Crippen LogP contribution in [0.2, 0.25) is 0 Å². The van der Waals surface area contributed by atoms with Crippen molar-refractivity contribution in [3.63, 3.8) is 0 Å². The fourth-order valence-corrected chi connectivity index (χ4v) is 3.42. The summed E-state index contributed by atoms with van der Waals surface area (Å²) in [5.74, 6) is 0.881. The number of ketones is 1. The Kier molecular flexibility index (Phi) is 5.29. The highest BCUT2D eigenvalue weighted by molar-refractivity contribution is 6.00. The fourth-order valence-electron chi connectivity index (χ4n) is 3.42. The Bertz CT molecular complexity index is 1260. The first-order valence-electron chi connectivity index (χ1n) is 9.71. The van der Waals surface area contributed by atoms with E-state index in [0.29, 0.717) is 34.5 Å². The number of esters is 1. The lowest BCUT2D eigenvalue weighted by atomic mass is 10.1. The van der Waals surface area contributed by atoms with Gasteiger partial charge in [-0.15, -0.1) is 0 Å². The smallest absolute Gasteiger partial charge is 0.361 e. The molecule has 0 fully saturated rings. The van der Waals surface area contributed by atoms with E-state index in [1.165, 1.54) is 0 Å². The van der Waals surface area contributed by atoms with Crippen molar-refractivity contribution in [2.24, 2.45) is 0 Å². The van der Waals surface area contributed by atoms with Gasteiger partial charge in [0.1, 0.15) is 11.5 Å². The predicted molar refractivity (Wildman–Crippen MR) is 111 cm³/mol. The third-order valence-electron chi connectivity index (χ3n) is 4.92. The molecule has 1 aromatic carbocycles. The molecule has 0 unspecified atom stereocenters. The van der Waals surface area contributed by atoms with Gasteiger partial charge in [-0.2, -0.15) is 0 Å². The van der Waals surface area contributed by atoms with Crippen LogP contribution in [0.15, 0.2) is 51.4 Å². The molecule has 0 N–H and O–H groups in total. The van der Waals surface area contributed by atoms with E-state index in [-0.39, 0.29) is 11.5 Å². The number of aromatic nitrogens is 3. The summed E-state index contributed by atoms with van der Waals surface area (Å²) in [6, 6.07) is 12.8. The van der Waals surface area contributed by atoms with E-state index in [0.717, 1.165) is 11.3 Å². The molecule has 4 rings (SSSR count). The Morgan fingerprint density at radius 2 is 1.81 bits per heavy atom. The van der Waals surface area contributed by atoms with E-state index in [1.807, 2.05) is 41.8 Å². The number of Topliss-reactive ketones (excluding diaryl/α,β-unsaturated/α-hetero) is 1. The normalized spacial score (nSPS) is 11.0. The minimum absolute atomic E-state index is 0.0511. The monoisotopic (exact) mass is 419 g/mol. The lowest BCUT2D eigenvalue weighted by Gasteiger charge is -2.05. The zero-order valence-electron chi connectivity index (χ0n) is 17.6. The van der Waals surface area contributed by atoms with Crippen molar-refractivity contribution in [1.82, 2.24) is 14.7 Å². The van der Waals surface area contributed by atoms with Gasteiger partial charge >= 0.3 is 5.97 Å². The summed E-state index contributed by atoms with van der Waals surface area (Å²) in [6.45, 7) is 6.69. The topological polar surface area (TPSA) is 100 Å². The van der Waals surface area contributed by atoms with Crippen molar-refractivity contribution in [3.05, 3.63) is 76.6 Å². The molecule has 0 saturated carbocycles. The molecule has 8 nitrogen and oxygen atoms in total. The van der Waals surface area contributed by atoms with Gasteiger partial charge in [-0.3, -0.25) is 9.36 Å². The number of hydrogen-bond acceptors (Lipinski definition) is 7. The molecule has 0 bridgehead atoms. The van der Waals surface area contributed by atoms with E-state index < -0.39 is 12.6 Å². The van der Waals surface area contributed by atoms with E-state index in [2.05, 4.69) is 10.1 Å². The average Bonchev–Trinajstić information content (AvgIpc) is 3.43. The third-order valence-corrected chi connectivity index (χ3v) is 4.92. The molecule has 158 valence electrons. The number of rotatable bonds is 6. The highest BCUT2D eigenvalue weighted by atomic mass is 16.5. The number of benzene rings is 1. The Morgan fingerprint density at radius 3 is 2.48 bits per heavy atom. The molecular formula is C23H21N3O5. The summed E-state index contributed by atoms with van der Waals surface area (Å²) < 4.78 is 17.8. The minimum atomic E-state index is -0.710. The van der Waals surface area contributed by atoms with Crippen molar-refractivity contribution in [1.29, 1.82) is 0 Å². The van der Waals surface area contributed by atoms with Gasteiger partial charge in [0, 0.05) is 28.6 Å². The molecule has 3 aromatic heterocycles. The van der Waals surface area contributed by atoms with E-state index in [1.54, 1.807) is 32.9 Å². The molecule has 0 amide bonds. The summed E-state index contributed by atoms with van der Waals surface area (Å²) in [4.78, 5) is 29.5. The van der Waals surface area contributed by atoms with Gasteiger partial charge in [-0.05, 0) is 45.9 Å². The largest absolute Gasteiger partial charge is 0.452 e. The Morgan fingerprint density at radius 1 is 1.06 bits per heavy atom. The number of aryl methyl sites for hydroxylation is 3. The van der Waals surface area contributed by atoms with Gasteiger partial charge in [-0.25, -0.2) is 9.78 Å². The lowest BCUT2D eigenvalue weighted by molar-refractivity contribution is 0.0467. The Hall–Kier alpha value is -3.94. The van der Waals surface area contributed by atoms with Gasteiger partial charge in [0.15, 0.2) is 18.1 Å². The second kappa shape index (κ2) is 8.06. The second-order valence-corrected chi connectivity index (χ2v) is 7.21. The van der Waals surface area contributed by atoms with Crippen molar-refractivity contribution >= 4 is 11.8 Å². The van der Waals surface area contributed by atoms with Crippen molar-refractivity contribution < 1.29 is 23.3 Å². The molecule has 31 heavy (non-hydrogen) atoms. The van der Waals surface area contributed by atoms with Gasteiger partial charge in [0.25, 0.3) is 0 Å². The zero-order valence-corrected chi connectivity index (χ0v) is 17.6. The molecule has 0 aliphatic heterocycles. The maximum absolute atomic E-state index is 12.7. The molecule has 8 heteroatoms. The fraction of sp³-hybridized carbons (Fsp3) is 0.217. The predicted octanol–water partition coefficient (Wildman–Crippen LogP) is 4.39. The van der Waals surface area contributed by atoms with Gasteiger partial charge in [0.05, 0.1) is 0 Å². The number of oxazole rings is 1. The quantitative estimate of drug-likeness (QED) is 0.337. The summed E-state index contributed by atoms with van der Waals surface area (Å²) in [5.41, 5.74) is 2.76. The first-order valence-corrected chi connectivity index (χ1v) is 9.71. The highest BCUT2D eigenvalue weighted by Crippen LogP contribution is 2.23. The number of hydrogen-bond donors (Lipinski definition) is 0. The maximum Gasteiger partial charge on any atom is 0.361 e. The average molecular weight is 419 g/mol. The number of ether oxygens (including phenoxy) is 1. The second-order valence-electron chi connectivity index (χ2n) is 7.21. The van der Waals surface area contributed by atoms with E-state index >= 15 is 0 Å². The Balaban J connectivity index is 1.48. The first kappa shape index (κ1) is 20.3. The van der Waals surface area contributed by atoms with Gasteiger partial charge < -0.3 is 13.7 Å². The van der Waals surface area contributed by atoms with Crippen LogP contribution in [0.25, 0.3) is 17.3 Å². The SMILES string of the molecule is Cc1cc(-n2c(C)cc(C(=O)COC(=O)c3nc(-c4ccccc4)oc3C)c2C)no1. The van der Waals surface area contributed by atoms with Crippen LogP contribution in [0.1, 0.15) is 43.8 Å². The summed E-state index contributed by atoms with van der Waals surface area (Å²) in [6.07, 6.45) is 0. The van der Waals surface area contributed by atoms with Crippen LogP contribution in [0.4, 0.5) is 0 Å².